The highest BCUT2D eigenvalue weighted by Crippen LogP contribution is 2.26. The molecule has 172 valence electrons. The van der Waals surface area contributed by atoms with Gasteiger partial charge in [0.25, 0.3) is 5.91 Å². The second-order valence-electron chi connectivity index (χ2n) is 7.31. The number of benzene rings is 3. The lowest BCUT2D eigenvalue weighted by Crippen LogP contribution is -2.36. The van der Waals surface area contributed by atoms with Gasteiger partial charge in [-0.25, -0.2) is 4.68 Å². The van der Waals surface area contributed by atoms with E-state index in [9.17, 15) is 14.4 Å². The van der Waals surface area contributed by atoms with Gasteiger partial charge in [-0.05, 0) is 61.0 Å². The predicted octanol–water partition coefficient (Wildman–Crippen LogP) is 5.98. The number of aromatic nitrogens is 1. The number of hydrogen-bond acceptors (Lipinski definition) is 3. The summed E-state index contributed by atoms with van der Waals surface area (Å²) >= 11 is 15.7. The highest BCUT2D eigenvalue weighted by Gasteiger charge is 2.22. The Bertz CT molecular complexity index is 1450. The van der Waals surface area contributed by atoms with Crippen molar-refractivity contribution in [1.29, 1.82) is 0 Å². The van der Waals surface area contributed by atoms with Gasteiger partial charge >= 0.3 is 11.8 Å². The molecule has 4 rings (SSSR count). The molecule has 3 amide bonds. The standard InChI is InChI=1S/C24H17BrCl2N4O3/c1-13-16(26)6-4-8-18(13)28-23(33)24(34)30-31-20-10-9-15(25)11-14(20)12-21(31)22(32)29-19-7-3-2-5-17(19)27/h2-12H,1H3,(H,28,33)(H,29,32)(H,30,34). The van der Waals surface area contributed by atoms with Gasteiger partial charge in [-0.1, -0.05) is 57.3 Å². The molecule has 0 bridgehead atoms. The summed E-state index contributed by atoms with van der Waals surface area (Å²) in [6, 6.07) is 18.6. The van der Waals surface area contributed by atoms with Gasteiger partial charge in [0.2, 0.25) is 0 Å². The van der Waals surface area contributed by atoms with E-state index in [-0.39, 0.29) is 5.69 Å². The molecule has 7 nitrogen and oxygen atoms in total. The van der Waals surface area contributed by atoms with Crippen LogP contribution in [0.25, 0.3) is 10.9 Å². The van der Waals surface area contributed by atoms with Gasteiger partial charge in [-0.3, -0.25) is 19.8 Å². The Labute approximate surface area is 213 Å². The van der Waals surface area contributed by atoms with Gasteiger partial charge in [0, 0.05) is 20.6 Å². The second-order valence-corrected chi connectivity index (χ2v) is 9.04. The number of carbonyl (C=O) groups excluding carboxylic acids is 3. The van der Waals surface area contributed by atoms with E-state index in [0.29, 0.717) is 37.9 Å². The fourth-order valence-electron chi connectivity index (χ4n) is 3.30. The molecule has 0 radical (unpaired) electrons. The summed E-state index contributed by atoms with van der Waals surface area (Å²) in [5.41, 5.74) is 4.58. The molecule has 0 aliphatic rings. The molecule has 0 atom stereocenters. The predicted molar refractivity (Wildman–Crippen MR) is 138 cm³/mol. The van der Waals surface area contributed by atoms with E-state index in [1.54, 1.807) is 73.7 Å². The molecular weight excluding hydrogens is 543 g/mol. The first kappa shape index (κ1) is 23.8. The smallest absolute Gasteiger partial charge is 0.319 e. The third-order valence-electron chi connectivity index (χ3n) is 5.05. The van der Waals surface area contributed by atoms with Crippen molar-refractivity contribution in [2.45, 2.75) is 6.92 Å². The first-order valence-electron chi connectivity index (χ1n) is 9.99. The van der Waals surface area contributed by atoms with Gasteiger partial charge < -0.3 is 10.6 Å². The van der Waals surface area contributed by atoms with Crippen LogP contribution in [0.1, 0.15) is 16.1 Å². The van der Waals surface area contributed by atoms with E-state index >= 15 is 0 Å². The topological polar surface area (TPSA) is 92.2 Å². The number of nitrogens with one attached hydrogen (secondary N) is 3. The highest BCUT2D eigenvalue weighted by molar-refractivity contribution is 9.10. The Morgan fingerprint density at radius 3 is 2.29 bits per heavy atom. The van der Waals surface area contributed by atoms with Crippen LogP contribution >= 0.6 is 39.1 Å². The molecule has 34 heavy (non-hydrogen) atoms. The van der Waals surface area contributed by atoms with Crippen molar-refractivity contribution in [2.24, 2.45) is 0 Å². The van der Waals surface area contributed by atoms with E-state index in [1.807, 2.05) is 0 Å². The van der Waals surface area contributed by atoms with Crippen molar-refractivity contribution >= 4 is 79.1 Å². The van der Waals surface area contributed by atoms with Crippen molar-refractivity contribution in [3.8, 4) is 0 Å². The van der Waals surface area contributed by atoms with Crippen LogP contribution in [-0.4, -0.2) is 22.4 Å². The number of carbonyl (C=O) groups is 3. The molecule has 0 aliphatic heterocycles. The lowest BCUT2D eigenvalue weighted by Gasteiger charge is -2.14. The number of halogens is 3. The van der Waals surface area contributed by atoms with Gasteiger partial charge in [0.15, 0.2) is 0 Å². The Morgan fingerprint density at radius 2 is 1.53 bits per heavy atom. The Kier molecular flexibility index (Phi) is 6.92. The molecule has 4 aromatic rings. The molecule has 0 aliphatic carbocycles. The summed E-state index contributed by atoms with van der Waals surface area (Å²) in [4.78, 5) is 38.5. The minimum Gasteiger partial charge on any atom is -0.319 e. The number of fused-ring (bicyclic) bond motifs is 1. The van der Waals surface area contributed by atoms with Crippen LogP contribution in [0.3, 0.4) is 0 Å². The summed E-state index contributed by atoms with van der Waals surface area (Å²) in [6.07, 6.45) is 0. The number of amides is 3. The normalized spacial score (nSPS) is 10.7. The summed E-state index contributed by atoms with van der Waals surface area (Å²) < 4.78 is 2.05. The van der Waals surface area contributed by atoms with E-state index in [0.717, 1.165) is 4.47 Å². The maximum atomic E-state index is 13.1. The molecule has 0 unspecified atom stereocenters. The molecular formula is C24H17BrCl2N4O3. The zero-order chi connectivity index (χ0) is 24.4. The van der Waals surface area contributed by atoms with Crippen molar-refractivity contribution in [2.75, 3.05) is 16.1 Å². The first-order valence-corrected chi connectivity index (χ1v) is 11.5. The van der Waals surface area contributed by atoms with Gasteiger partial charge in [0.1, 0.15) is 5.69 Å². The monoisotopic (exact) mass is 558 g/mol. The van der Waals surface area contributed by atoms with Crippen LogP contribution in [-0.2, 0) is 9.59 Å². The molecule has 0 saturated heterocycles. The Hall–Kier alpha value is -3.33. The maximum Gasteiger partial charge on any atom is 0.328 e. The lowest BCUT2D eigenvalue weighted by molar-refractivity contribution is -0.133. The fraction of sp³-hybridized carbons (Fsp3) is 0.0417. The maximum absolute atomic E-state index is 13.1. The molecule has 1 heterocycles. The van der Waals surface area contributed by atoms with Crippen LogP contribution in [0, 0.1) is 6.92 Å². The van der Waals surface area contributed by atoms with E-state index < -0.39 is 17.7 Å². The number of nitrogens with zero attached hydrogens (tertiary/aromatic N) is 1. The van der Waals surface area contributed by atoms with Crippen molar-refractivity contribution < 1.29 is 14.4 Å². The minimum absolute atomic E-state index is 0.105. The molecule has 3 aromatic carbocycles. The van der Waals surface area contributed by atoms with Crippen LogP contribution < -0.4 is 16.1 Å². The summed E-state index contributed by atoms with van der Waals surface area (Å²) in [5.74, 6) is -2.40. The lowest BCUT2D eigenvalue weighted by atomic mass is 10.2. The number of para-hydroxylation sites is 1. The molecule has 3 N–H and O–H groups in total. The van der Waals surface area contributed by atoms with Gasteiger partial charge in [0.05, 0.1) is 16.2 Å². The summed E-state index contributed by atoms with van der Waals surface area (Å²) in [5, 5.41) is 6.76. The van der Waals surface area contributed by atoms with Gasteiger partial charge in [-0.2, -0.15) is 0 Å². The van der Waals surface area contributed by atoms with Gasteiger partial charge in [-0.15, -0.1) is 0 Å². The van der Waals surface area contributed by atoms with Crippen LogP contribution in [0.15, 0.2) is 71.2 Å². The Balaban J connectivity index is 1.65. The van der Waals surface area contributed by atoms with Crippen molar-refractivity contribution in [3.63, 3.8) is 0 Å². The molecule has 10 heteroatoms. The average Bonchev–Trinajstić information content (AvgIpc) is 3.15. The van der Waals surface area contributed by atoms with E-state index in [1.165, 1.54) is 4.68 Å². The van der Waals surface area contributed by atoms with Crippen molar-refractivity contribution in [3.05, 3.63) is 92.5 Å². The third-order valence-corrected chi connectivity index (χ3v) is 6.29. The van der Waals surface area contributed by atoms with Crippen molar-refractivity contribution in [1.82, 2.24) is 4.68 Å². The SMILES string of the molecule is Cc1c(Cl)cccc1NC(=O)C(=O)Nn1c(C(=O)Nc2ccccc2Cl)cc2cc(Br)ccc21. The van der Waals surface area contributed by atoms with Crippen LogP contribution in [0.5, 0.6) is 0 Å². The summed E-state index contributed by atoms with van der Waals surface area (Å²) in [7, 11) is 0. The Morgan fingerprint density at radius 1 is 0.824 bits per heavy atom. The largest absolute Gasteiger partial charge is 0.328 e. The number of hydrogen-bond donors (Lipinski definition) is 3. The second kappa shape index (κ2) is 9.89. The average molecular weight is 560 g/mol. The fourth-order valence-corrected chi connectivity index (χ4v) is 4.03. The third kappa shape index (κ3) is 4.94. The van der Waals surface area contributed by atoms with E-state index in [2.05, 4.69) is 32.0 Å². The molecule has 0 spiro atoms. The quantitative estimate of drug-likeness (QED) is 0.268. The zero-order valence-corrected chi connectivity index (χ0v) is 20.8. The molecule has 0 saturated carbocycles. The number of anilines is 2. The van der Waals surface area contributed by atoms with E-state index in [4.69, 9.17) is 23.2 Å². The van der Waals surface area contributed by atoms with Crippen LogP contribution in [0.4, 0.5) is 11.4 Å². The number of rotatable bonds is 4. The summed E-state index contributed by atoms with van der Waals surface area (Å²) in [6.45, 7) is 1.73. The highest BCUT2D eigenvalue weighted by atomic mass is 79.9. The van der Waals surface area contributed by atoms with Crippen LogP contribution in [0.2, 0.25) is 10.0 Å². The first-order chi connectivity index (χ1) is 16.2. The zero-order valence-electron chi connectivity index (χ0n) is 17.7. The molecule has 0 fully saturated rings. The minimum atomic E-state index is -0.966. The molecule has 1 aromatic heterocycles.